The first kappa shape index (κ1) is 11.6. The third kappa shape index (κ3) is 1.79. The predicted octanol–water partition coefficient (Wildman–Crippen LogP) is 3.17. The Balaban J connectivity index is 2.10. The number of rotatable bonds is 2. The van der Waals surface area contributed by atoms with E-state index in [0.29, 0.717) is 5.15 Å². The zero-order valence-corrected chi connectivity index (χ0v) is 11.0. The van der Waals surface area contributed by atoms with E-state index in [1.807, 2.05) is 12.3 Å². The minimum absolute atomic E-state index is 0.275. The summed E-state index contributed by atoms with van der Waals surface area (Å²) in [5.74, 6) is 0.275. The third-order valence-electron chi connectivity index (χ3n) is 3.57. The Morgan fingerprint density at radius 1 is 1.28 bits per heavy atom. The largest absolute Gasteiger partial charge is 0.260 e. The van der Waals surface area contributed by atoms with E-state index in [2.05, 4.69) is 27.9 Å². The summed E-state index contributed by atoms with van der Waals surface area (Å²) >= 11 is 6.16. The topological polar surface area (TPSA) is 38.7 Å². The van der Waals surface area contributed by atoms with Crippen molar-refractivity contribution < 1.29 is 0 Å². The maximum absolute atomic E-state index is 6.16. The highest BCUT2D eigenvalue weighted by Gasteiger charge is 2.28. The third-order valence-corrected chi connectivity index (χ3v) is 3.89. The molecule has 1 aliphatic carbocycles. The fourth-order valence-electron chi connectivity index (χ4n) is 2.71. The first-order valence-corrected chi connectivity index (χ1v) is 6.62. The lowest BCUT2D eigenvalue weighted by Crippen LogP contribution is -2.07. The van der Waals surface area contributed by atoms with Crippen LogP contribution in [0.5, 0.6) is 0 Å². The molecule has 0 saturated carbocycles. The Labute approximate surface area is 111 Å². The van der Waals surface area contributed by atoms with Crippen LogP contribution in [0.25, 0.3) is 0 Å². The Morgan fingerprint density at radius 3 is 3.00 bits per heavy atom. The van der Waals surface area contributed by atoms with Gasteiger partial charge in [-0.2, -0.15) is 0 Å². The number of aryl methyl sites for hydroxylation is 1. The van der Waals surface area contributed by atoms with Crippen molar-refractivity contribution in [2.24, 2.45) is 0 Å². The van der Waals surface area contributed by atoms with E-state index < -0.39 is 0 Å². The molecule has 0 aliphatic heterocycles. The molecular weight excluding hydrogens is 246 g/mol. The number of aromatic nitrogens is 3. The van der Waals surface area contributed by atoms with E-state index >= 15 is 0 Å². The van der Waals surface area contributed by atoms with Crippen molar-refractivity contribution in [3.05, 3.63) is 52.3 Å². The van der Waals surface area contributed by atoms with Gasteiger partial charge in [-0.05, 0) is 30.9 Å². The highest BCUT2D eigenvalue weighted by atomic mass is 35.5. The minimum Gasteiger partial charge on any atom is -0.260 e. The molecule has 0 bridgehead atoms. The van der Waals surface area contributed by atoms with Crippen molar-refractivity contribution in [3.8, 4) is 0 Å². The summed E-state index contributed by atoms with van der Waals surface area (Å²) in [6.45, 7) is 2.09. The maximum Gasteiger partial charge on any atom is 0.135 e. The summed E-state index contributed by atoms with van der Waals surface area (Å²) in [5.41, 5.74) is 4.60. The predicted molar refractivity (Wildman–Crippen MR) is 70.8 cm³/mol. The van der Waals surface area contributed by atoms with Crippen LogP contribution >= 0.6 is 11.6 Å². The molecule has 0 amide bonds. The molecule has 0 aromatic carbocycles. The Morgan fingerprint density at radius 2 is 2.17 bits per heavy atom. The zero-order chi connectivity index (χ0) is 12.5. The molecule has 18 heavy (non-hydrogen) atoms. The number of fused-ring (bicyclic) bond motifs is 1. The van der Waals surface area contributed by atoms with Gasteiger partial charge < -0.3 is 0 Å². The second-order valence-electron chi connectivity index (χ2n) is 4.52. The number of hydrogen-bond acceptors (Lipinski definition) is 3. The highest BCUT2D eigenvalue weighted by Crippen LogP contribution is 2.37. The van der Waals surface area contributed by atoms with Crippen LogP contribution in [0.1, 0.15) is 41.8 Å². The molecular formula is C14H14ClN3. The number of pyridine rings is 1. The van der Waals surface area contributed by atoms with E-state index in [0.717, 1.165) is 36.2 Å². The van der Waals surface area contributed by atoms with Crippen molar-refractivity contribution in [2.75, 3.05) is 0 Å². The normalized spacial score (nSPS) is 17.8. The van der Waals surface area contributed by atoms with Gasteiger partial charge in [0.2, 0.25) is 0 Å². The van der Waals surface area contributed by atoms with Crippen molar-refractivity contribution in [1.29, 1.82) is 0 Å². The molecule has 0 saturated heterocycles. The van der Waals surface area contributed by atoms with Gasteiger partial charge >= 0.3 is 0 Å². The molecule has 0 fully saturated rings. The van der Waals surface area contributed by atoms with Gasteiger partial charge in [-0.3, -0.25) is 4.98 Å². The van der Waals surface area contributed by atoms with Gasteiger partial charge in [-0.1, -0.05) is 24.6 Å². The number of halogens is 1. The molecule has 3 nitrogen and oxygen atoms in total. The van der Waals surface area contributed by atoms with Crippen LogP contribution in [0.3, 0.4) is 0 Å². The molecule has 3 rings (SSSR count). The van der Waals surface area contributed by atoms with Crippen LogP contribution in [0.4, 0.5) is 0 Å². The van der Waals surface area contributed by atoms with E-state index in [1.165, 1.54) is 5.56 Å². The van der Waals surface area contributed by atoms with Gasteiger partial charge in [0, 0.05) is 17.7 Å². The summed E-state index contributed by atoms with van der Waals surface area (Å²) in [7, 11) is 0. The monoisotopic (exact) mass is 259 g/mol. The van der Waals surface area contributed by atoms with Crippen LogP contribution in [0.15, 0.2) is 24.7 Å². The quantitative estimate of drug-likeness (QED) is 0.778. The maximum atomic E-state index is 6.16. The highest BCUT2D eigenvalue weighted by molar-refractivity contribution is 6.30. The Hall–Kier alpha value is -1.48. The van der Waals surface area contributed by atoms with Crippen LogP contribution < -0.4 is 0 Å². The van der Waals surface area contributed by atoms with Crippen LogP contribution in [0, 0.1) is 0 Å². The Bertz CT molecular complexity index is 583. The lowest BCUT2D eigenvalue weighted by atomic mass is 9.97. The number of hydrogen-bond donors (Lipinski definition) is 0. The van der Waals surface area contributed by atoms with Gasteiger partial charge in [0.25, 0.3) is 0 Å². The van der Waals surface area contributed by atoms with E-state index in [4.69, 9.17) is 11.6 Å². The molecule has 1 atom stereocenters. The van der Waals surface area contributed by atoms with Crippen LogP contribution in [-0.2, 0) is 12.8 Å². The first-order valence-electron chi connectivity index (χ1n) is 6.24. The van der Waals surface area contributed by atoms with Crippen molar-refractivity contribution in [3.63, 3.8) is 0 Å². The summed E-state index contributed by atoms with van der Waals surface area (Å²) in [6, 6.07) is 4.14. The SMILES string of the molecule is CCc1c(Cl)ncnc1C1CCc2cccnc21. The standard InChI is InChI=1S/C14H14ClN3/c1-2-10-13(17-8-18-14(10)15)11-6-5-9-4-3-7-16-12(9)11/h3-4,7-8,11H,2,5-6H2,1H3. The van der Waals surface area contributed by atoms with Crippen LogP contribution in [0.2, 0.25) is 5.15 Å². The van der Waals surface area contributed by atoms with Crippen molar-refractivity contribution in [2.45, 2.75) is 32.1 Å². The molecule has 2 aromatic heterocycles. The zero-order valence-electron chi connectivity index (χ0n) is 10.2. The molecule has 2 aromatic rings. The van der Waals surface area contributed by atoms with Gasteiger partial charge in [0.15, 0.2) is 0 Å². The average molecular weight is 260 g/mol. The fraction of sp³-hybridized carbons (Fsp3) is 0.357. The summed E-state index contributed by atoms with van der Waals surface area (Å²) in [5, 5.41) is 0.576. The van der Waals surface area contributed by atoms with Gasteiger partial charge in [-0.25, -0.2) is 9.97 Å². The average Bonchev–Trinajstić information content (AvgIpc) is 2.82. The van der Waals surface area contributed by atoms with Gasteiger partial charge in [0.05, 0.1) is 11.4 Å². The molecule has 1 unspecified atom stereocenters. The summed E-state index contributed by atoms with van der Waals surface area (Å²) in [4.78, 5) is 13.0. The molecule has 92 valence electrons. The first-order chi connectivity index (χ1) is 8.81. The second kappa shape index (κ2) is 4.65. The summed E-state index contributed by atoms with van der Waals surface area (Å²) in [6.07, 6.45) is 6.39. The van der Waals surface area contributed by atoms with Gasteiger partial charge in [-0.15, -0.1) is 0 Å². The molecule has 0 spiro atoms. The molecule has 2 heterocycles. The van der Waals surface area contributed by atoms with Crippen molar-refractivity contribution in [1.82, 2.24) is 15.0 Å². The van der Waals surface area contributed by atoms with Crippen LogP contribution in [-0.4, -0.2) is 15.0 Å². The van der Waals surface area contributed by atoms with E-state index in [9.17, 15) is 0 Å². The molecule has 4 heteroatoms. The van der Waals surface area contributed by atoms with E-state index in [1.54, 1.807) is 6.33 Å². The lowest BCUT2D eigenvalue weighted by molar-refractivity contribution is 0.727. The molecule has 0 N–H and O–H groups in total. The lowest BCUT2D eigenvalue weighted by Gasteiger charge is -2.14. The molecule has 1 aliphatic rings. The van der Waals surface area contributed by atoms with E-state index in [-0.39, 0.29) is 5.92 Å². The van der Waals surface area contributed by atoms with Crippen molar-refractivity contribution >= 4 is 11.6 Å². The molecule has 0 radical (unpaired) electrons. The smallest absolute Gasteiger partial charge is 0.135 e. The number of nitrogens with zero attached hydrogens (tertiary/aromatic N) is 3. The van der Waals surface area contributed by atoms with Gasteiger partial charge in [0.1, 0.15) is 11.5 Å². The Kier molecular flexibility index (Phi) is 3.00. The second-order valence-corrected chi connectivity index (χ2v) is 4.88. The fourth-order valence-corrected chi connectivity index (χ4v) is 2.98. The minimum atomic E-state index is 0.275. The summed E-state index contributed by atoms with van der Waals surface area (Å²) < 4.78 is 0.